The lowest BCUT2D eigenvalue weighted by Crippen LogP contribution is -2.45. The zero-order valence-electron chi connectivity index (χ0n) is 17.6. The minimum atomic E-state index is -3.94. The van der Waals surface area contributed by atoms with Crippen molar-refractivity contribution >= 4 is 33.2 Å². The number of amides is 1. The molecule has 0 radical (unpaired) electrons. The maximum absolute atomic E-state index is 13.3. The second kappa shape index (κ2) is 9.64. The van der Waals surface area contributed by atoms with Crippen molar-refractivity contribution in [2.45, 2.75) is 38.1 Å². The van der Waals surface area contributed by atoms with Gasteiger partial charge in [0.2, 0.25) is 15.9 Å². The molecule has 1 atom stereocenters. The molecule has 7 heteroatoms. The number of rotatable bonds is 7. The van der Waals surface area contributed by atoms with Gasteiger partial charge in [0.15, 0.2) is 0 Å². The van der Waals surface area contributed by atoms with Gasteiger partial charge in [-0.15, -0.1) is 0 Å². The fourth-order valence-corrected chi connectivity index (χ4v) is 5.51. The van der Waals surface area contributed by atoms with Gasteiger partial charge in [-0.1, -0.05) is 65.7 Å². The molecule has 1 amide bonds. The standard InChI is InChI=1S/C24H25ClN2O3S/c1-16-12-17(2)23(18(3)13-16)31(29,30)27-22(14-19-8-5-4-6-9-19)24(28)26-21-11-7-10-20(25)15-21/h4-13,15,22,27H,14H2,1-3H3,(H,26,28). The Morgan fingerprint density at radius 2 is 1.58 bits per heavy atom. The molecule has 162 valence electrons. The molecule has 2 N–H and O–H groups in total. The number of hydrogen-bond donors (Lipinski definition) is 2. The SMILES string of the molecule is Cc1cc(C)c(S(=O)(=O)NC(Cc2ccccc2)C(=O)Nc2cccc(Cl)c2)c(C)c1. The van der Waals surface area contributed by atoms with Gasteiger partial charge in [-0.3, -0.25) is 4.79 Å². The van der Waals surface area contributed by atoms with E-state index in [0.717, 1.165) is 11.1 Å². The number of hydrogen-bond acceptors (Lipinski definition) is 3. The van der Waals surface area contributed by atoms with Crippen molar-refractivity contribution in [3.8, 4) is 0 Å². The van der Waals surface area contributed by atoms with Crippen LogP contribution in [0.3, 0.4) is 0 Å². The normalized spacial score (nSPS) is 12.4. The summed E-state index contributed by atoms with van der Waals surface area (Å²) < 4.78 is 29.2. The topological polar surface area (TPSA) is 75.3 Å². The van der Waals surface area contributed by atoms with Crippen molar-refractivity contribution < 1.29 is 13.2 Å². The largest absolute Gasteiger partial charge is 0.325 e. The maximum atomic E-state index is 13.3. The average molecular weight is 457 g/mol. The lowest BCUT2D eigenvalue weighted by molar-refractivity contribution is -0.117. The molecule has 0 aromatic heterocycles. The molecule has 0 aliphatic rings. The molecule has 0 spiro atoms. The molecular weight excluding hydrogens is 432 g/mol. The minimum Gasteiger partial charge on any atom is -0.325 e. The van der Waals surface area contributed by atoms with Gasteiger partial charge in [0.25, 0.3) is 0 Å². The average Bonchev–Trinajstić information content (AvgIpc) is 2.67. The number of sulfonamides is 1. The highest BCUT2D eigenvalue weighted by molar-refractivity contribution is 7.89. The van der Waals surface area contributed by atoms with Crippen molar-refractivity contribution in [1.29, 1.82) is 0 Å². The van der Waals surface area contributed by atoms with E-state index in [1.54, 1.807) is 38.1 Å². The molecule has 0 aliphatic carbocycles. The molecule has 3 rings (SSSR count). The van der Waals surface area contributed by atoms with E-state index in [4.69, 9.17) is 11.6 Å². The first-order valence-electron chi connectivity index (χ1n) is 9.86. The Labute approximate surface area is 188 Å². The van der Waals surface area contributed by atoms with Crippen LogP contribution >= 0.6 is 11.6 Å². The molecular formula is C24H25ClN2O3S. The van der Waals surface area contributed by atoms with Crippen LogP contribution in [0.1, 0.15) is 22.3 Å². The molecule has 3 aromatic carbocycles. The number of carbonyl (C=O) groups is 1. The summed E-state index contributed by atoms with van der Waals surface area (Å²) in [6.07, 6.45) is 0.205. The van der Waals surface area contributed by atoms with E-state index in [1.807, 2.05) is 49.4 Å². The molecule has 0 aliphatic heterocycles. The summed E-state index contributed by atoms with van der Waals surface area (Å²) >= 11 is 6.01. The molecule has 0 saturated heterocycles. The van der Waals surface area contributed by atoms with Crippen LogP contribution in [-0.4, -0.2) is 20.4 Å². The minimum absolute atomic E-state index is 0.201. The highest BCUT2D eigenvalue weighted by atomic mass is 35.5. The lowest BCUT2D eigenvalue weighted by atomic mass is 10.1. The molecule has 0 saturated carbocycles. The van der Waals surface area contributed by atoms with E-state index in [1.165, 1.54) is 0 Å². The summed E-state index contributed by atoms with van der Waals surface area (Å²) in [5.74, 6) is -0.461. The second-order valence-electron chi connectivity index (χ2n) is 7.59. The highest BCUT2D eigenvalue weighted by Crippen LogP contribution is 2.23. The quantitative estimate of drug-likeness (QED) is 0.536. The second-order valence-corrected chi connectivity index (χ2v) is 9.68. The zero-order chi connectivity index (χ0) is 22.6. The van der Waals surface area contributed by atoms with Crippen molar-refractivity contribution in [2.75, 3.05) is 5.32 Å². The highest BCUT2D eigenvalue weighted by Gasteiger charge is 2.28. The van der Waals surface area contributed by atoms with Gasteiger partial charge in [-0.25, -0.2) is 8.42 Å². The fourth-order valence-electron chi connectivity index (χ4n) is 3.67. The van der Waals surface area contributed by atoms with Crippen LogP contribution in [0.4, 0.5) is 5.69 Å². The molecule has 0 bridgehead atoms. The third-order valence-electron chi connectivity index (χ3n) is 4.86. The Balaban J connectivity index is 1.93. The van der Waals surface area contributed by atoms with E-state index in [0.29, 0.717) is 21.8 Å². The van der Waals surface area contributed by atoms with Crippen LogP contribution in [0, 0.1) is 20.8 Å². The molecule has 31 heavy (non-hydrogen) atoms. The monoisotopic (exact) mass is 456 g/mol. The molecule has 0 fully saturated rings. The predicted molar refractivity (Wildman–Crippen MR) is 125 cm³/mol. The number of carbonyl (C=O) groups excluding carboxylic acids is 1. The lowest BCUT2D eigenvalue weighted by Gasteiger charge is -2.21. The smallest absolute Gasteiger partial charge is 0.242 e. The van der Waals surface area contributed by atoms with Gasteiger partial charge < -0.3 is 5.32 Å². The Kier molecular flexibility index (Phi) is 7.15. The van der Waals surface area contributed by atoms with Crippen LogP contribution in [0.25, 0.3) is 0 Å². The molecule has 0 heterocycles. The predicted octanol–water partition coefficient (Wildman–Crippen LogP) is 4.79. The number of benzene rings is 3. The molecule has 1 unspecified atom stereocenters. The van der Waals surface area contributed by atoms with Gasteiger partial charge in [0.1, 0.15) is 6.04 Å². The zero-order valence-corrected chi connectivity index (χ0v) is 19.2. The van der Waals surface area contributed by atoms with Gasteiger partial charge in [-0.05, 0) is 62.1 Å². The Hall–Kier alpha value is -2.67. The van der Waals surface area contributed by atoms with Crippen LogP contribution in [0.2, 0.25) is 5.02 Å². The van der Waals surface area contributed by atoms with Gasteiger partial charge in [0, 0.05) is 10.7 Å². The fraction of sp³-hybridized carbons (Fsp3) is 0.208. The van der Waals surface area contributed by atoms with Crippen molar-refractivity contribution in [2.24, 2.45) is 0 Å². The van der Waals surface area contributed by atoms with E-state index in [-0.39, 0.29) is 11.3 Å². The Bertz CT molecular complexity index is 1170. The van der Waals surface area contributed by atoms with E-state index >= 15 is 0 Å². The first-order chi connectivity index (χ1) is 14.7. The first kappa shape index (κ1) is 23.0. The van der Waals surface area contributed by atoms with Crippen molar-refractivity contribution in [3.63, 3.8) is 0 Å². The van der Waals surface area contributed by atoms with E-state index in [9.17, 15) is 13.2 Å². The number of halogens is 1. The van der Waals surface area contributed by atoms with Crippen LogP contribution in [0.5, 0.6) is 0 Å². The van der Waals surface area contributed by atoms with Crippen molar-refractivity contribution in [3.05, 3.63) is 94.0 Å². The van der Waals surface area contributed by atoms with Crippen LogP contribution < -0.4 is 10.0 Å². The summed E-state index contributed by atoms with van der Waals surface area (Å²) in [5.41, 5.74) is 3.59. The van der Waals surface area contributed by atoms with Crippen molar-refractivity contribution in [1.82, 2.24) is 4.72 Å². The number of aryl methyl sites for hydroxylation is 3. The van der Waals surface area contributed by atoms with Gasteiger partial charge in [0.05, 0.1) is 4.90 Å². The van der Waals surface area contributed by atoms with Gasteiger partial charge in [-0.2, -0.15) is 4.72 Å². The summed E-state index contributed by atoms with van der Waals surface area (Å²) in [5, 5.41) is 3.24. The summed E-state index contributed by atoms with van der Waals surface area (Å²) in [6, 6.07) is 18.6. The van der Waals surface area contributed by atoms with E-state index in [2.05, 4.69) is 10.0 Å². The summed E-state index contributed by atoms with van der Waals surface area (Å²) in [6.45, 7) is 5.43. The Morgan fingerprint density at radius 1 is 0.935 bits per heavy atom. The van der Waals surface area contributed by atoms with Gasteiger partial charge >= 0.3 is 0 Å². The third kappa shape index (κ3) is 5.94. The van der Waals surface area contributed by atoms with Crippen LogP contribution in [-0.2, 0) is 21.2 Å². The maximum Gasteiger partial charge on any atom is 0.242 e. The molecule has 3 aromatic rings. The van der Waals surface area contributed by atoms with E-state index < -0.39 is 22.0 Å². The Morgan fingerprint density at radius 3 is 2.19 bits per heavy atom. The third-order valence-corrected chi connectivity index (χ3v) is 6.87. The van der Waals surface area contributed by atoms with Crippen LogP contribution in [0.15, 0.2) is 71.6 Å². The summed E-state index contributed by atoms with van der Waals surface area (Å²) in [7, 11) is -3.94. The summed E-state index contributed by atoms with van der Waals surface area (Å²) in [4.78, 5) is 13.3. The first-order valence-corrected chi connectivity index (χ1v) is 11.7. The number of anilines is 1. The molecule has 5 nitrogen and oxygen atoms in total. The number of nitrogens with one attached hydrogen (secondary N) is 2.